The van der Waals surface area contributed by atoms with Crippen LogP contribution in [0, 0.1) is 5.92 Å². The zero-order valence-corrected chi connectivity index (χ0v) is 23.2. The van der Waals surface area contributed by atoms with Crippen LogP contribution in [0.1, 0.15) is 53.9 Å². The molecule has 5 amide bonds. The molecule has 1 fully saturated rings. The summed E-state index contributed by atoms with van der Waals surface area (Å²) in [5.74, 6) is -6.97. The summed E-state index contributed by atoms with van der Waals surface area (Å²) in [7, 11) is 0. The lowest BCUT2D eigenvalue weighted by atomic mass is 10.0. The maximum Gasteiger partial charge on any atom is 0.328 e. The lowest BCUT2D eigenvalue weighted by molar-refractivity contribution is -0.147. The molecule has 16 nitrogen and oxygen atoms in total. The van der Waals surface area contributed by atoms with Crippen molar-refractivity contribution in [3.8, 4) is 0 Å². The Kier molecular flexibility index (Phi) is 12.9. The molecule has 9 N–H and O–H groups in total. The van der Waals surface area contributed by atoms with Gasteiger partial charge in [-0.25, -0.2) is 4.79 Å². The molecule has 40 heavy (non-hydrogen) atoms. The van der Waals surface area contributed by atoms with E-state index in [2.05, 4.69) is 21.3 Å². The number of amides is 5. The van der Waals surface area contributed by atoms with Gasteiger partial charge in [-0.1, -0.05) is 13.8 Å². The van der Waals surface area contributed by atoms with E-state index in [1.54, 1.807) is 13.8 Å². The minimum Gasteiger partial charge on any atom is -0.481 e. The lowest BCUT2D eigenvalue weighted by Gasteiger charge is -2.29. The number of rotatable bonds is 14. The fourth-order valence-electron chi connectivity index (χ4n) is 3.92. The van der Waals surface area contributed by atoms with Crippen molar-refractivity contribution in [2.24, 2.45) is 11.7 Å². The van der Waals surface area contributed by atoms with Crippen LogP contribution in [0.3, 0.4) is 0 Å². The fraction of sp³-hybridized carbons (Fsp3) is 0.708. The highest BCUT2D eigenvalue weighted by Crippen LogP contribution is 2.19. The Morgan fingerprint density at radius 2 is 1.43 bits per heavy atom. The number of hydrogen-bond acceptors (Lipinski definition) is 9. The van der Waals surface area contributed by atoms with Crippen molar-refractivity contribution in [3.63, 3.8) is 0 Å². The number of likely N-dealkylation sites (tertiary alicyclic amines) is 1. The Morgan fingerprint density at radius 3 is 1.93 bits per heavy atom. The maximum absolute atomic E-state index is 13.0. The molecule has 0 aromatic carbocycles. The number of carboxylic acids is 2. The topological polar surface area (TPSA) is 258 Å². The van der Waals surface area contributed by atoms with E-state index < -0.39 is 90.3 Å². The third kappa shape index (κ3) is 9.75. The SMILES string of the molecule is CC(C)[C@H](N)C(=O)N[C@@H](CC(=O)O)C(=O)N[C@@H](C)C(=O)N[C@@H](C)C(=O)N1CCC[C@H]1C(=O)N[C@H](C(=O)O)[C@@H](C)O. The molecule has 0 bridgehead atoms. The molecule has 0 unspecified atom stereocenters. The number of carbonyl (C=O) groups excluding carboxylic acids is 5. The van der Waals surface area contributed by atoms with Crippen molar-refractivity contribution in [2.45, 2.75) is 96.2 Å². The number of carboxylic acid groups (broad SMARTS) is 2. The van der Waals surface area contributed by atoms with Gasteiger partial charge in [0.25, 0.3) is 0 Å². The molecule has 0 saturated carbocycles. The van der Waals surface area contributed by atoms with Crippen LogP contribution in [0.15, 0.2) is 0 Å². The van der Waals surface area contributed by atoms with E-state index in [-0.39, 0.29) is 18.9 Å². The maximum atomic E-state index is 13.0. The van der Waals surface area contributed by atoms with Crippen LogP contribution in [0.2, 0.25) is 0 Å². The highest BCUT2D eigenvalue weighted by atomic mass is 16.4. The first kappa shape index (κ1) is 34.2. The van der Waals surface area contributed by atoms with Crippen molar-refractivity contribution >= 4 is 41.5 Å². The van der Waals surface area contributed by atoms with E-state index in [4.69, 9.17) is 10.8 Å². The molecule has 1 rings (SSSR count). The molecule has 0 aromatic rings. The predicted molar refractivity (Wildman–Crippen MR) is 138 cm³/mol. The monoisotopic (exact) mass is 572 g/mol. The zero-order valence-electron chi connectivity index (χ0n) is 23.2. The summed E-state index contributed by atoms with van der Waals surface area (Å²) in [5.41, 5.74) is 5.75. The van der Waals surface area contributed by atoms with E-state index in [1.807, 2.05) is 0 Å². The summed E-state index contributed by atoms with van der Waals surface area (Å²) >= 11 is 0. The van der Waals surface area contributed by atoms with Crippen LogP contribution < -0.4 is 27.0 Å². The number of aliphatic hydroxyl groups excluding tert-OH is 1. The molecule has 226 valence electrons. The van der Waals surface area contributed by atoms with Gasteiger partial charge in [0, 0.05) is 6.54 Å². The van der Waals surface area contributed by atoms with Crippen LogP contribution in [-0.2, 0) is 33.6 Å². The standard InChI is InChI=1S/C24H40N6O10/c1-10(2)17(25)22(37)28-14(9-16(32)33)20(35)26-11(3)19(34)27-12(4)23(38)30-8-6-7-15(30)21(36)29-18(13(5)31)24(39)40/h10-15,17-18,31H,6-9,25H2,1-5H3,(H,26,35)(H,27,34)(H,28,37)(H,29,36)(H,32,33)(H,39,40)/t11-,12-,13+,14-,15-,17-,18-/m0/s1. The van der Waals surface area contributed by atoms with Crippen LogP contribution in [0.25, 0.3) is 0 Å². The molecular formula is C24H40N6O10. The Labute approximate surface area is 231 Å². The first-order valence-corrected chi connectivity index (χ1v) is 12.9. The number of nitrogens with two attached hydrogens (primary N) is 1. The van der Waals surface area contributed by atoms with Crippen LogP contribution in [0.5, 0.6) is 0 Å². The Hall–Kier alpha value is -3.79. The number of nitrogens with zero attached hydrogens (tertiary/aromatic N) is 1. The largest absolute Gasteiger partial charge is 0.481 e. The average Bonchev–Trinajstić information content (AvgIpc) is 3.34. The molecule has 1 aliphatic heterocycles. The predicted octanol–water partition coefficient (Wildman–Crippen LogP) is -3.12. The van der Waals surface area contributed by atoms with E-state index >= 15 is 0 Å². The molecule has 0 aliphatic carbocycles. The van der Waals surface area contributed by atoms with E-state index in [1.165, 1.54) is 25.7 Å². The minimum atomic E-state index is -1.57. The molecule has 1 saturated heterocycles. The van der Waals surface area contributed by atoms with Gasteiger partial charge in [0.15, 0.2) is 6.04 Å². The van der Waals surface area contributed by atoms with Gasteiger partial charge in [0.05, 0.1) is 18.6 Å². The Bertz CT molecular complexity index is 987. The van der Waals surface area contributed by atoms with Crippen LogP contribution >= 0.6 is 0 Å². The molecular weight excluding hydrogens is 532 g/mol. The molecule has 0 radical (unpaired) electrons. The van der Waals surface area contributed by atoms with Gasteiger partial charge >= 0.3 is 11.9 Å². The highest BCUT2D eigenvalue weighted by Gasteiger charge is 2.39. The quantitative estimate of drug-likeness (QED) is 0.103. The first-order valence-electron chi connectivity index (χ1n) is 12.9. The van der Waals surface area contributed by atoms with Crippen molar-refractivity contribution in [3.05, 3.63) is 0 Å². The van der Waals surface area contributed by atoms with E-state index in [0.29, 0.717) is 6.42 Å². The molecule has 0 spiro atoms. The van der Waals surface area contributed by atoms with Gasteiger partial charge in [0.1, 0.15) is 24.2 Å². The first-order chi connectivity index (χ1) is 18.5. The van der Waals surface area contributed by atoms with Gasteiger partial charge < -0.3 is 47.2 Å². The molecule has 7 atom stereocenters. The smallest absolute Gasteiger partial charge is 0.328 e. The highest BCUT2D eigenvalue weighted by molar-refractivity contribution is 5.97. The molecule has 1 aliphatic rings. The van der Waals surface area contributed by atoms with Crippen LogP contribution in [-0.4, -0.2) is 111 Å². The summed E-state index contributed by atoms with van der Waals surface area (Å²) in [4.78, 5) is 87.0. The number of aliphatic hydroxyl groups is 1. The summed E-state index contributed by atoms with van der Waals surface area (Å²) in [6, 6.07) is -7.47. The van der Waals surface area contributed by atoms with Crippen molar-refractivity contribution < 1.29 is 48.9 Å². The molecule has 1 heterocycles. The summed E-state index contributed by atoms with van der Waals surface area (Å²) in [5, 5.41) is 37.1. The van der Waals surface area contributed by atoms with Gasteiger partial charge in [-0.05, 0) is 39.5 Å². The second kappa shape index (κ2) is 15.1. The van der Waals surface area contributed by atoms with Gasteiger partial charge in [0.2, 0.25) is 29.5 Å². The van der Waals surface area contributed by atoms with Crippen molar-refractivity contribution in [1.29, 1.82) is 0 Å². The minimum absolute atomic E-state index is 0.172. The molecule has 0 aromatic heterocycles. The van der Waals surface area contributed by atoms with E-state index in [0.717, 1.165) is 0 Å². The average molecular weight is 573 g/mol. The van der Waals surface area contributed by atoms with Gasteiger partial charge in [-0.2, -0.15) is 0 Å². The van der Waals surface area contributed by atoms with Gasteiger partial charge in [-0.15, -0.1) is 0 Å². The Balaban J connectivity index is 2.82. The van der Waals surface area contributed by atoms with Crippen LogP contribution in [0.4, 0.5) is 0 Å². The summed E-state index contributed by atoms with van der Waals surface area (Å²) in [6.07, 6.45) is -1.45. The fourth-order valence-corrected chi connectivity index (χ4v) is 3.92. The third-order valence-corrected chi connectivity index (χ3v) is 6.40. The normalized spacial score (nSPS) is 19.4. The second-order valence-electron chi connectivity index (χ2n) is 10.1. The van der Waals surface area contributed by atoms with Crippen molar-refractivity contribution in [1.82, 2.24) is 26.2 Å². The summed E-state index contributed by atoms with van der Waals surface area (Å²) in [6.45, 7) is 7.36. The zero-order chi connectivity index (χ0) is 30.9. The Morgan fingerprint density at radius 1 is 0.850 bits per heavy atom. The van der Waals surface area contributed by atoms with Crippen molar-refractivity contribution in [2.75, 3.05) is 6.54 Å². The lowest BCUT2D eigenvalue weighted by Crippen LogP contribution is -2.58. The number of carbonyl (C=O) groups is 7. The number of aliphatic carboxylic acids is 2. The number of hydrogen-bond donors (Lipinski definition) is 8. The van der Waals surface area contributed by atoms with Gasteiger partial charge in [-0.3, -0.25) is 28.8 Å². The van der Waals surface area contributed by atoms with E-state index in [9.17, 15) is 43.8 Å². The second-order valence-corrected chi connectivity index (χ2v) is 10.1. The third-order valence-electron chi connectivity index (χ3n) is 6.40. The number of nitrogens with one attached hydrogen (secondary N) is 4. The summed E-state index contributed by atoms with van der Waals surface area (Å²) < 4.78 is 0. The molecule has 16 heteroatoms.